The normalized spacial score (nSPS) is 23.7. The van der Waals surface area contributed by atoms with Crippen LogP contribution in [0.5, 0.6) is 0 Å². The van der Waals surface area contributed by atoms with Gasteiger partial charge in [0.1, 0.15) is 0 Å². The highest BCUT2D eigenvalue weighted by molar-refractivity contribution is 5.79. The number of nitrogens with zero attached hydrogens (tertiary/aromatic N) is 2. The summed E-state index contributed by atoms with van der Waals surface area (Å²) in [5, 5.41) is 5.93. The van der Waals surface area contributed by atoms with Gasteiger partial charge in [0.15, 0.2) is 0 Å². The number of benzene rings is 1. The van der Waals surface area contributed by atoms with E-state index in [1.807, 2.05) is 11.0 Å². The summed E-state index contributed by atoms with van der Waals surface area (Å²) in [5.41, 5.74) is 1.31. The van der Waals surface area contributed by atoms with E-state index in [2.05, 4.69) is 46.8 Å². The third kappa shape index (κ3) is 6.21. The van der Waals surface area contributed by atoms with Crippen molar-refractivity contribution in [2.45, 2.75) is 57.5 Å². The van der Waals surface area contributed by atoms with Crippen molar-refractivity contribution < 1.29 is 9.59 Å². The monoisotopic (exact) mass is 414 g/mol. The molecule has 0 bridgehead atoms. The Kier molecular flexibility index (Phi) is 8.55. The highest BCUT2D eigenvalue weighted by atomic mass is 16.2. The SMILES string of the molecule is CNC(=O)N1CCCCC1CC1CCC1C(=O)NCCCN(C)Cc1ccccc1. The topological polar surface area (TPSA) is 64.7 Å². The molecule has 3 rings (SSSR count). The molecule has 1 aliphatic heterocycles. The highest BCUT2D eigenvalue weighted by Crippen LogP contribution is 2.40. The smallest absolute Gasteiger partial charge is 0.317 e. The van der Waals surface area contributed by atoms with Crippen LogP contribution in [0.2, 0.25) is 0 Å². The van der Waals surface area contributed by atoms with Crippen molar-refractivity contribution in [1.29, 1.82) is 0 Å². The molecule has 1 saturated heterocycles. The number of hydrogen-bond donors (Lipinski definition) is 2. The minimum Gasteiger partial charge on any atom is -0.356 e. The van der Waals surface area contributed by atoms with E-state index in [0.717, 1.165) is 64.7 Å². The predicted octanol–water partition coefficient (Wildman–Crippen LogP) is 3.23. The van der Waals surface area contributed by atoms with Crippen LogP contribution in [0.15, 0.2) is 30.3 Å². The van der Waals surface area contributed by atoms with E-state index in [1.54, 1.807) is 7.05 Å². The molecule has 0 aromatic heterocycles. The molecule has 0 spiro atoms. The number of piperidine rings is 1. The van der Waals surface area contributed by atoms with Gasteiger partial charge in [-0.1, -0.05) is 30.3 Å². The first-order chi connectivity index (χ1) is 14.6. The summed E-state index contributed by atoms with van der Waals surface area (Å²) in [6.07, 6.45) is 7.33. The summed E-state index contributed by atoms with van der Waals surface area (Å²) in [5.74, 6) is 0.751. The quantitative estimate of drug-likeness (QED) is 0.610. The summed E-state index contributed by atoms with van der Waals surface area (Å²) < 4.78 is 0. The first-order valence-electron chi connectivity index (χ1n) is 11.6. The van der Waals surface area contributed by atoms with E-state index < -0.39 is 0 Å². The molecule has 2 aliphatic rings. The average Bonchev–Trinajstić information content (AvgIpc) is 2.74. The van der Waals surface area contributed by atoms with Crippen molar-refractivity contribution in [3.05, 3.63) is 35.9 Å². The first kappa shape index (κ1) is 22.6. The van der Waals surface area contributed by atoms with Gasteiger partial charge in [0, 0.05) is 38.6 Å². The van der Waals surface area contributed by atoms with E-state index in [1.165, 1.54) is 12.0 Å². The minimum atomic E-state index is 0.0275. The summed E-state index contributed by atoms with van der Waals surface area (Å²) in [6.45, 7) is 3.47. The van der Waals surface area contributed by atoms with Crippen molar-refractivity contribution in [2.75, 3.05) is 33.7 Å². The van der Waals surface area contributed by atoms with Crippen molar-refractivity contribution in [1.82, 2.24) is 20.4 Å². The fraction of sp³-hybridized carbons (Fsp3) is 0.667. The van der Waals surface area contributed by atoms with Gasteiger partial charge in [-0.3, -0.25) is 4.79 Å². The Morgan fingerprint density at radius 3 is 2.63 bits per heavy atom. The van der Waals surface area contributed by atoms with Gasteiger partial charge in [-0.05, 0) is 70.0 Å². The molecule has 6 nitrogen and oxygen atoms in total. The van der Waals surface area contributed by atoms with Gasteiger partial charge in [-0.2, -0.15) is 0 Å². The van der Waals surface area contributed by atoms with Crippen LogP contribution in [0, 0.1) is 11.8 Å². The molecule has 30 heavy (non-hydrogen) atoms. The van der Waals surface area contributed by atoms with Crippen molar-refractivity contribution in [2.24, 2.45) is 11.8 Å². The zero-order chi connectivity index (χ0) is 21.3. The number of amides is 3. The Labute approximate surface area is 181 Å². The molecular weight excluding hydrogens is 376 g/mol. The lowest BCUT2D eigenvalue weighted by atomic mass is 9.69. The molecular formula is C24H38N4O2. The standard InChI is InChI=1S/C24H38N4O2/c1-25-24(30)28-16-7-6-11-21(28)17-20-12-13-22(20)23(29)26-14-8-15-27(2)18-19-9-4-3-5-10-19/h3-5,9-10,20-22H,6-8,11-18H2,1-2H3,(H,25,30)(H,26,29). The van der Waals surface area contributed by atoms with Crippen LogP contribution in [0.25, 0.3) is 0 Å². The summed E-state index contributed by atoms with van der Waals surface area (Å²) >= 11 is 0. The second-order valence-corrected chi connectivity index (χ2v) is 8.95. The molecule has 1 saturated carbocycles. The number of likely N-dealkylation sites (tertiary alicyclic amines) is 1. The third-order valence-corrected chi connectivity index (χ3v) is 6.74. The Morgan fingerprint density at radius 2 is 1.93 bits per heavy atom. The van der Waals surface area contributed by atoms with E-state index >= 15 is 0 Å². The fourth-order valence-corrected chi connectivity index (χ4v) is 4.87. The molecule has 0 radical (unpaired) electrons. The average molecular weight is 415 g/mol. The van der Waals surface area contributed by atoms with Crippen LogP contribution >= 0.6 is 0 Å². The van der Waals surface area contributed by atoms with Gasteiger partial charge in [0.2, 0.25) is 5.91 Å². The third-order valence-electron chi connectivity index (χ3n) is 6.74. The van der Waals surface area contributed by atoms with E-state index in [4.69, 9.17) is 0 Å². The number of nitrogens with one attached hydrogen (secondary N) is 2. The number of carbonyl (C=O) groups is 2. The molecule has 2 fully saturated rings. The van der Waals surface area contributed by atoms with Crippen LogP contribution in [-0.2, 0) is 11.3 Å². The summed E-state index contributed by atoms with van der Waals surface area (Å²) in [7, 11) is 3.82. The van der Waals surface area contributed by atoms with Crippen molar-refractivity contribution in [3.63, 3.8) is 0 Å². The zero-order valence-electron chi connectivity index (χ0n) is 18.6. The molecule has 166 valence electrons. The molecule has 1 aromatic carbocycles. The Balaban J connectivity index is 1.36. The molecule has 3 amide bonds. The van der Waals surface area contributed by atoms with Gasteiger partial charge < -0.3 is 20.4 Å². The Morgan fingerprint density at radius 1 is 1.13 bits per heavy atom. The molecule has 3 unspecified atom stereocenters. The maximum Gasteiger partial charge on any atom is 0.317 e. The number of urea groups is 1. The first-order valence-corrected chi connectivity index (χ1v) is 11.6. The molecule has 1 aromatic rings. The molecule has 6 heteroatoms. The predicted molar refractivity (Wildman–Crippen MR) is 120 cm³/mol. The Bertz CT molecular complexity index is 681. The second-order valence-electron chi connectivity index (χ2n) is 8.95. The maximum absolute atomic E-state index is 12.7. The summed E-state index contributed by atoms with van der Waals surface area (Å²) in [6, 6.07) is 10.8. The van der Waals surface area contributed by atoms with Gasteiger partial charge in [0.25, 0.3) is 0 Å². The van der Waals surface area contributed by atoms with Crippen LogP contribution in [-0.4, -0.2) is 61.5 Å². The number of carbonyl (C=O) groups excluding carboxylic acids is 2. The van der Waals surface area contributed by atoms with Gasteiger partial charge in [-0.15, -0.1) is 0 Å². The van der Waals surface area contributed by atoms with Crippen LogP contribution in [0.3, 0.4) is 0 Å². The minimum absolute atomic E-state index is 0.0275. The van der Waals surface area contributed by atoms with Crippen LogP contribution in [0.1, 0.15) is 50.5 Å². The maximum atomic E-state index is 12.7. The van der Waals surface area contributed by atoms with Gasteiger partial charge in [-0.25, -0.2) is 4.79 Å². The van der Waals surface area contributed by atoms with E-state index in [0.29, 0.717) is 5.92 Å². The van der Waals surface area contributed by atoms with E-state index in [9.17, 15) is 9.59 Å². The van der Waals surface area contributed by atoms with Crippen LogP contribution in [0.4, 0.5) is 4.79 Å². The number of rotatable bonds is 9. The fourth-order valence-electron chi connectivity index (χ4n) is 4.87. The zero-order valence-corrected chi connectivity index (χ0v) is 18.6. The lowest BCUT2D eigenvalue weighted by molar-refractivity contribution is -0.130. The molecule has 1 heterocycles. The number of hydrogen-bond acceptors (Lipinski definition) is 3. The van der Waals surface area contributed by atoms with Crippen LogP contribution < -0.4 is 10.6 Å². The Hall–Kier alpha value is -2.08. The van der Waals surface area contributed by atoms with Gasteiger partial charge >= 0.3 is 6.03 Å². The molecule has 3 atom stereocenters. The van der Waals surface area contributed by atoms with Crippen molar-refractivity contribution >= 4 is 11.9 Å². The second kappa shape index (κ2) is 11.3. The lowest BCUT2D eigenvalue weighted by Crippen LogP contribution is -2.50. The highest BCUT2D eigenvalue weighted by Gasteiger charge is 2.39. The van der Waals surface area contributed by atoms with Gasteiger partial charge in [0.05, 0.1) is 0 Å². The lowest BCUT2D eigenvalue weighted by Gasteiger charge is -2.42. The van der Waals surface area contributed by atoms with Crippen molar-refractivity contribution in [3.8, 4) is 0 Å². The summed E-state index contributed by atoms with van der Waals surface area (Å²) in [4.78, 5) is 29.1. The molecule has 1 aliphatic carbocycles. The largest absolute Gasteiger partial charge is 0.356 e. The molecule has 2 N–H and O–H groups in total. The van der Waals surface area contributed by atoms with E-state index in [-0.39, 0.29) is 23.9 Å².